The van der Waals surface area contributed by atoms with Crippen LogP contribution in [0.2, 0.25) is 0 Å². The van der Waals surface area contributed by atoms with Crippen molar-refractivity contribution in [2.24, 2.45) is 0 Å². The monoisotopic (exact) mass is 462 g/mol. The smallest absolute Gasteiger partial charge is 0.259 e. The molecule has 0 saturated heterocycles. The Labute approximate surface area is 141 Å². The molecule has 104 valence electrons. The van der Waals surface area contributed by atoms with Crippen LogP contribution in [0.5, 0.6) is 0 Å². The number of carbonyl (C=O) groups excluding carboxylic acids is 1. The highest BCUT2D eigenvalue weighted by molar-refractivity contribution is 9.24. The summed E-state index contributed by atoms with van der Waals surface area (Å²) in [6.45, 7) is 0.442. The Balaban J connectivity index is 2.34. The highest BCUT2D eigenvalue weighted by Gasteiger charge is 2.20. The molecule has 0 spiro atoms. The van der Waals surface area contributed by atoms with Gasteiger partial charge in [-0.1, -0.05) is 31.9 Å². The first kappa shape index (κ1) is 15.5. The van der Waals surface area contributed by atoms with E-state index in [1.54, 1.807) is 35.6 Å². The molecule has 2 aromatic heterocycles. The van der Waals surface area contributed by atoms with Gasteiger partial charge in [0.2, 0.25) is 0 Å². The van der Waals surface area contributed by atoms with Crippen molar-refractivity contribution in [1.82, 2.24) is 15.2 Å². The number of hydrogen-bond acceptors (Lipinski definition) is 4. The lowest BCUT2D eigenvalue weighted by Gasteiger charge is -2.23. The maximum atomic E-state index is 12.6. The molecule has 0 bridgehead atoms. The summed E-state index contributed by atoms with van der Waals surface area (Å²) in [6.07, 6.45) is 6.26. The van der Waals surface area contributed by atoms with Crippen molar-refractivity contribution in [3.8, 4) is 0 Å². The maximum Gasteiger partial charge on any atom is 0.259 e. The zero-order valence-corrected chi connectivity index (χ0v) is 14.8. The van der Waals surface area contributed by atoms with Crippen LogP contribution in [0.25, 0.3) is 0 Å². The normalized spacial score (nSPS) is 10.6. The van der Waals surface area contributed by atoms with E-state index >= 15 is 0 Å². The second-order valence-corrected chi connectivity index (χ2v) is 8.15. The largest absolute Gasteiger partial charge is 0.305 e. The number of carbonyl (C=O) groups is 1. The van der Waals surface area contributed by atoms with Gasteiger partial charge in [0.1, 0.15) is 0 Å². The van der Waals surface area contributed by atoms with Crippen molar-refractivity contribution in [3.05, 3.63) is 47.0 Å². The number of hydrogen-bond donors (Lipinski definition) is 0. The number of alkyl halides is 2. The minimum absolute atomic E-state index is 0.0350. The lowest BCUT2D eigenvalue weighted by atomic mass is 10.2. The molecule has 0 aliphatic heterocycles. The Hall–Kier alpha value is -0.860. The molecule has 0 aromatic carbocycles. The van der Waals surface area contributed by atoms with E-state index in [0.717, 1.165) is 4.47 Å². The Morgan fingerprint density at radius 2 is 2.05 bits per heavy atom. The average Bonchev–Trinajstić information content (AvgIpc) is 2.45. The van der Waals surface area contributed by atoms with E-state index in [1.165, 1.54) is 6.20 Å². The van der Waals surface area contributed by atoms with E-state index in [4.69, 9.17) is 0 Å². The zero-order chi connectivity index (χ0) is 14.5. The van der Waals surface area contributed by atoms with Gasteiger partial charge in [-0.05, 0) is 28.1 Å². The third-order valence-electron chi connectivity index (χ3n) is 2.40. The Kier molecular flexibility index (Phi) is 5.62. The van der Waals surface area contributed by atoms with Crippen LogP contribution in [0.3, 0.4) is 0 Å². The van der Waals surface area contributed by atoms with Gasteiger partial charge in [-0.15, -0.1) is 0 Å². The van der Waals surface area contributed by atoms with Crippen molar-refractivity contribution in [2.75, 3.05) is 11.4 Å². The molecule has 2 heterocycles. The van der Waals surface area contributed by atoms with E-state index in [-0.39, 0.29) is 9.64 Å². The molecule has 0 aliphatic rings. The van der Waals surface area contributed by atoms with Crippen LogP contribution >= 0.6 is 47.8 Å². The summed E-state index contributed by atoms with van der Waals surface area (Å²) < 4.78 is 0.720. The Morgan fingerprint density at radius 1 is 1.25 bits per heavy atom. The molecule has 0 atom stereocenters. The molecule has 20 heavy (non-hydrogen) atoms. The molecule has 0 N–H and O–H groups in total. The molecule has 0 saturated carbocycles. The molecular weight excluding hydrogens is 456 g/mol. The van der Waals surface area contributed by atoms with Gasteiger partial charge in [-0.3, -0.25) is 9.78 Å². The zero-order valence-electron chi connectivity index (χ0n) is 10.1. The molecule has 5 nitrogen and oxygen atoms in total. The minimum atomic E-state index is -0.157. The molecule has 2 rings (SSSR count). The van der Waals surface area contributed by atoms with Crippen molar-refractivity contribution < 1.29 is 4.79 Å². The van der Waals surface area contributed by atoms with Crippen LogP contribution in [0.4, 0.5) is 5.69 Å². The third-order valence-corrected chi connectivity index (χ3v) is 3.41. The van der Waals surface area contributed by atoms with E-state index in [0.29, 0.717) is 17.8 Å². The van der Waals surface area contributed by atoms with Crippen molar-refractivity contribution in [1.29, 1.82) is 0 Å². The predicted octanol–water partition coefficient (Wildman–Crippen LogP) is 3.40. The number of aromatic nitrogens is 3. The number of halogens is 3. The van der Waals surface area contributed by atoms with E-state index in [2.05, 4.69) is 63.0 Å². The Bertz CT molecular complexity index is 594. The molecule has 0 unspecified atom stereocenters. The van der Waals surface area contributed by atoms with Gasteiger partial charge in [0.25, 0.3) is 5.91 Å². The van der Waals surface area contributed by atoms with E-state index < -0.39 is 0 Å². The first-order valence-corrected chi connectivity index (χ1v) is 8.17. The van der Waals surface area contributed by atoms with Crippen LogP contribution < -0.4 is 4.90 Å². The minimum Gasteiger partial charge on any atom is -0.305 e. The van der Waals surface area contributed by atoms with Gasteiger partial charge >= 0.3 is 0 Å². The highest BCUT2D eigenvalue weighted by Crippen LogP contribution is 2.20. The first-order chi connectivity index (χ1) is 9.58. The van der Waals surface area contributed by atoms with Crippen LogP contribution in [0.1, 0.15) is 10.4 Å². The number of rotatable bonds is 4. The van der Waals surface area contributed by atoms with Crippen molar-refractivity contribution in [3.63, 3.8) is 0 Å². The summed E-state index contributed by atoms with van der Waals surface area (Å²) in [6, 6.07) is 3.47. The van der Waals surface area contributed by atoms with Crippen LogP contribution in [-0.2, 0) is 0 Å². The Morgan fingerprint density at radius 3 is 2.65 bits per heavy atom. The SMILES string of the molecule is O=C(c1cncc(Br)c1)N(CC(Br)Br)c1ccnnc1. The molecule has 0 aliphatic carbocycles. The fourth-order valence-corrected chi connectivity index (χ4v) is 2.52. The van der Waals surface area contributed by atoms with Gasteiger partial charge in [0, 0.05) is 23.4 Å². The molecule has 0 fully saturated rings. The molecule has 0 radical (unpaired) electrons. The molecule has 2 aromatic rings. The van der Waals surface area contributed by atoms with E-state index in [9.17, 15) is 4.79 Å². The number of nitrogens with zero attached hydrogens (tertiary/aromatic N) is 4. The summed E-state index contributed by atoms with van der Waals surface area (Å²) in [4.78, 5) is 18.2. The summed E-state index contributed by atoms with van der Waals surface area (Å²) in [5.41, 5.74) is 1.17. The van der Waals surface area contributed by atoms with Gasteiger partial charge in [-0.25, -0.2) is 0 Å². The first-order valence-electron chi connectivity index (χ1n) is 5.55. The second kappa shape index (κ2) is 7.24. The van der Waals surface area contributed by atoms with Gasteiger partial charge < -0.3 is 4.90 Å². The van der Waals surface area contributed by atoms with Gasteiger partial charge in [0.15, 0.2) is 0 Å². The third kappa shape index (κ3) is 4.07. The highest BCUT2D eigenvalue weighted by atomic mass is 79.9. The number of anilines is 1. The molecule has 8 heteroatoms. The van der Waals surface area contributed by atoms with Crippen LogP contribution in [0, 0.1) is 0 Å². The quantitative estimate of drug-likeness (QED) is 0.651. The summed E-state index contributed by atoms with van der Waals surface area (Å²) in [5, 5.41) is 7.53. The molecule has 1 amide bonds. The summed E-state index contributed by atoms with van der Waals surface area (Å²) >= 11 is 10.1. The second-order valence-electron chi connectivity index (χ2n) is 3.80. The van der Waals surface area contributed by atoms with Crippen molar-refractivity contribution in [2.45, 2.75) is 3.74 Å². The lowest BCUT2D eigenvalue weighted by molar-refractivity contribution is 0.0987. The average molecular weight is 465 g/mol. The molecular formula is C12H9Br3N4O. The van der Waals surface area contributed by atoms with Crippen LogP contribution in [0.15, 0.2) is 41.4 Å². The lowest BCUT2D eigenvalue weighted by Crippen LogP contribution is -2.34. The fourth-order valence-electron chi connectivity index (χ4n) is 1.57. The fraction of sp³-hybridized carbons (Fsp3) is 0.167. The number of amides is 1. The summed E-state index contributed by atoms with van der Waals surface area (Å²) in [7, 11) is 0. The van der Waals surface area contributed by atoms with Crippen molar-refractivity contribution >= 4 is 59.4 Å². The van der Waals surface area contributed by atoms with Gasteiger partial charge in [-0.2, -0.15) is 10.2 Å². The predicted molar refractivity (Wildman–Crippen MR) is 87.3 cm³/mol. The van der Waals surface area contributed by atoms with Gasteiger partial charge in [0.05, 0.1) is 27.4 Å². The van der Waals surface area contributed by atoms with Crippen LogP contribution in [-0.4, -0.2) is 31.4 Å². The maximum absolute atomic E-state index is 12.6. The number of pyridine rings is 1. The topological polar surface area (TPSA) is 59.0 Å². The summed E-state index contributed by atoms with van der Waals surface area (Å²) in [5.74, 6) is -0.157. The standard InChI is InChI=1S/C12H9Br3N4O/c13-9-3-8(4-16-5-9)12(20)19(7-11(14)15)10-1-2-17-18-6-10/h1-6,11H,7H2. The van der Waals surface area contributed by atoms with E-state index in [1.807, 2.05) is 0 Å².